The van der Waals surface area contributed by atoms with Crippen LogP contribution in [0.2, 0.25) is 0 Å². The van der Waals surface area contributed by atoms with Crippen molar-refractivity contribution in [3.05, 3.63) is 35.4 Å². The minimum atomic E-state index is -1.31. The van der Waals surface area contributed by atoms with Crippen molar-refractivity contribution in [1.82, 2.24) is 26.2 Å². The van der Waals surface area contributed by atoms with Crippen LogP contribution in [0.1, 0.15) is 105 Å². The zero-order valence-corrected chi connectivity index (χ0v) is 33.0. The fourth-order valence-electron chi connectivity index (χ4n) is 6.97. The second-order valence-corrected chi connectivity index (χ2v) is 14.3. The number of nitrogens with zero attached hydrogens (tertiary/aromatic N) is 1. The van der Waals surface area contributed by atoms with Gasteiger partial charge in [0.25, 0.3) is 11.8 Å². The molecular weight excluding hydrogens is 744 g/mol. The number of methoxy groups -OCH3 is 1. The lowest BCUT2D eigenvalue weighted by molar-refractivity contribution is -0.143. The highest BCUT2D eigenvalue weighted by molar-refractivity contribution is 6.38. The Hall–Kier alpha value is -4.94. The first-order chi connectivity index (χ1) is 27.3. The van der Waals surface area contributed by atoms with Gasteiger partial charge in [0.15, 0.2) is 0 Å². The third-order valence-corrected chi connectivity index (χ3v) is 10.1. The molecule has 7 N–H and O–H groups in total. The quantitative estimate of drug-likeness (QED) is 0.0482. The van der Waals surface area contributed by atoms with Crippen LogP contribution >= 0.6 is 0 Å². The average molecular weight is 803 g/mol. The molecule has 0 spiro atoms. The Morgan fingerprint density at radius 1 is 0.912 bits per heavy atom. The number of carbonyl (C=O) groups is 8. The zero-order valence-electron chi connectivity index (χ0n) is 33.0. The normalized spacial score (nSPS) is 18.5. The molecule has 1 aliphatic heterocycles. The van der Waals surface area contributed by atoms with E-state index in [9.17, 15) is 43.5 Å². The first kappa shape index (κ1) is 46.4. The first-order valence-electron chi connectivity index (χ1n) is 19.6. The maximum absolute atomic E-state index is 14.6. The molecule has 0 radical (unpaired) electrons. The van der Waals surface area contributed by atoms with Crippen molar-refractivity contribution in [3.63, 3.8) is 0 Å². The van der Waals surface area contributed by atoms with Gasteiger partial charge in [-0.15, -0.1) is 0 Å². The van der Waals surface area contributed by atoms with Crippen molar-refractivity contribution in [2.24, 2.45) is 11.7 Å². The van der Waals surface area contributed by atoms with Crippen LogP contribution in [0.25, 0.3) is 0 Å². The monoisotopic (exact) mass is 802 g/mol. The van der Waals surface area contributed by atoms with Gasteiger partial charge in [-0.2, -0.15) is 0 Å². The average Bonchev–Trinajstić information content (AvgIpc) is 3.64. The molecule has 1 aromatic rings. The number of Topliss-reactive ketones (excluding diaryl/α,β-unsaturated/α-hetero) is 1. The number of carboxylic acids is 1. The number of hydrogen-bond donors (Lipinski definition) is 6. The Kier molecular flexibility index (Phi) is 19.5. The summed E-state index contributed by atoms with van der Waals surface area (Å²) in [6.45, 7) is 3.40. The summed E-state index contributed by atoms with van der Waals surface area (Å²) in [5.74, 6) is -7.02. The maximum Gasteiger partial charge on any atom is 0.335 e. The van der Waals surface area contributed by atoms with Gasteiger partial charge >= 0.3 is 5.97 Å². The van der Waals surface area contributed by atoms with E-state index in [1.54, 1.807) is 6.92 Å². The van der Waals surface area contributed by atoms with Crippen molar-refractivity contribution in [1.29, 1.82) is 0 Å². The predicted molar refractivity (Wildman–Crippen MR) is 204 cm³/mol. The summed E-state index contributed by atoms with van der Waals surface area (Å²) >= 11 is 0. The zero-order chi connectivity index (χ0) is 41.9. The minimum absolute atomic E-state index is 0.00959. The van der Waals surface area contributed by atoms with Crippen LogP contribution in [0.15, 0.2) is 24.3 Å². The molecular formula is C39H58N6O12. The molecule has 1 heterocycles. The van der Waals surface area contributed by atoms with Crippen molar-refractivity contribution in [2.75, 3.05) is 40.2 Å². The van der Waals surface area contributed by atoms with Crippen LogP contribution in [-0.2, 0) is 43.0 Å². The van der Waals surface area contributed by atoms with Gasteiger partial charge in [-0.05, 0) is 49.8 Å². The topological polar surface area (TPSA) is 262 Å². The number of carboxylic acid groups (broad SMARTS) is 1. The highest BCUT2D eigenvalue weighted by atomic mass is 16.7. The van der Waals surface area contributed by atoms with Gasteiger partial charge in [-0.1, -0.05) is 58.4 Å². The van der Waals surface area contributed by atoms with Gasteiger partial charge in [0.2, 0.25) is 29.4 Å². The van der Waals surface area contributed by atoms with Crippen LogP contribution in [0, 0.1) is 5.92 Å². The summed E-state index contributed by atoms with van der Waals surface area (Å²) in [6.07, 6.45) is 5.36. The Balaban J connectivity index is 1.81. The van der Waals surface area contributed by atoms with E-state index >= 15 is 0 Å². The van der Waals surface area contributed by atoms with Crippen molar-refractivity contribution in [2.45, 2.75) is 115 Å². The van der Waals surface area contributed by atoms with E-state index in [0.29, 0.717) is 38.7 Å². The van der Waals surface area contributed by atoms with Crippen molar-refractivity contribution >= 4 is 47.2 Å². The number of nitrogens with one attached hydrogen (secondary N) is 4. The second kappa shape index (κ2) is 24.0. The molecule has 0 bridgehead atoms. The molecule has 6 amide bonds. The molecule has 1 aromatic carbocycles. The summed E-state index contributed by atoms with van der Waals surface area (Å²) in [7, 11) is 1.52. The van der Waals surface area contributed by atoms with Crippen LogP contribution in [0.5, 0.6) is 0 Å². The largest absolute Gasteiger partial charge is 0.478 e. The first-order valence-corrected chi connectivity index (χ1v) is 19.6. The number of ether oxygens (including phenoxy) is 3. The number of carbonyl (C=O) groups excluding carboxylic acids is 7. The van der Waals surface area contributed by atoms with Gasteiger partial charge in [-0.25, -0.2) is 4.79 Å². The smallest absolute Gasteiger partial charge is 0.335 e. The van der Waals surface area contributed by atoms with Gasteiger partial charge in [0, 0.05) is 25.6 Å². The summed E-state index contributed by atoms with van der Waals surface area (Å²) in [6, 6.07) is 0.967. The summed E-state index contributed by atoms with van der Waals surface area (Å²) in [5.41, 5.74) is 5.33. The number of amides is 6. The molecule has 316 valence electrons. The lowest BCUT2D eigenvalue weighted by Crippen LogP contribution is -2.58. The molecule has 2 aliphatic rings. The molecule has 18 nitrogen and oxygen atoms in total. The van der Waals surface area contributed by atoms with Gasteiger partial charge in [-0.3, -0.25) is 33.6 Å². The number of benzene rings is 1. The highest BCUT2D eigenvalue weighted by Crippen LogP contribution is 2.30. The van der Waals surface area contributed by atoms with Gasteiger partial charge < -0.3 is 51.2 Å². The minimum Gasteiger partial charge on any atom is -0.478 e. The molecule has 2 fully saturated rings. The SMILES string of the molecule is CCCCC(NC(=O)CNC(=O)C(=O)C(CCC)NC(=O)[C@@H]1C[C@@H](OCOCCOC)CN1C(=O)C(NC(=O)c1cccc(C(=O)O)c1)C1CCCCC1)C(N)=O. The summed E-state index contributed by atoms with van der Waals surface area (Å²) in [5, 5.41) is 19.6. The number of rotatable bonds is 24. The van der Waals surface area contributed by atoms with Crippen LogP contribution in [0.3, 0.4) is 0 Å². The Labute approximate surface area is 332 Å². The molecule has 3 unspecified atom stereocenters. The number of unbranched alkanes of at least 4 members (excludes halogenated alkanes) is 1. The van der Waals surface area contributed by atoms with Crippen molar-refractivity contribution in [3.8, 4) is 0 Å². The maximum atomic E-state index is 14.6. The number of hydrogen-bond acceptors (Lipinski definition) is 11. The molecule has 5 atom stereocenters. The number of nitrogens with two attached hydrogens (primary N) is 1. The van der Waals surface area contributed by atoms with Crippen LogP contribution in [-0.4, -0.2) is 128 Å². The third kappa shape index (κ3) is 14.5. The van der Waals surface area contributed by atoms with Gasteiger partial charge in [0.05, 0.1) is 37.5 Å². The Morgan fingerprint density at radius 3 is 2.28 bits per heavy atom. The fraction of sp³-hybridized carbons (Fsp3) is 0.641. The molecule has 1 saturated carbocycles. The Morgan fingerprint density at radius 2 is 1.63 bits per heavy atom. The Bertz CT molecular complexity index is 1570. The van der Waals surface area contributed by atoms with E-state index < -0.39 is 84.0 Å². The molecule has 0 aromatic heterocycles. The van der Waals surface area contributed by atoms with E-state index in [1.165, 1.54) is 36.3 Å². The third-order valence-electron chi connectivity index (χ3n) is 10.1. The second-order valence-electron chi connectivity index (χ2n) is 14.3. The molecule has 57 heavy (non-hydrogen) atoms. The summed E-state index contributed by atoms with van der Waals surface area (Å²) in [4.78, 5) is 106. The van der Waals surface area contributed by atoms with E-state index in [2.05, 4.69) is 21.3 Å². The lowest BCUT2D eigenvalue weighted by atomic mass is 9.83. The van der Waals surface area contributed by atoms with E-state index in [-0.39, 0.29) is 49.8 Å². The number of likely N-dealkylation sites (tertiary alicyclic amines) is 1. The fourth-order valence-corrected chi connectivity index (χ4v) is 6.97. The molecule has 1 saturated heterocycles. The van der Waals surface area contributed by atoms with Crippen molar-refractivity contribution < 1.29 is 57.7 Å². The van der Waals surface area contributed by atoms with Crippen LogP contribution in [0.4, 0.5) is 0 Å². The molecule has 18 heteroatoms. The van der Waals surface area contributed by atoms with E-state index in [4.69, 9.17) is 19.9 Å². The van der Waals surface area contributed by atoms with Crippen LogP contribution < -0.4 is 27.0 Å². The molecule has 1 aliphatic carbocycles. The molecule has 3 rings (SSSR count). The summed E-state index contributed by atoms with van der Waals surface area (Å²) < 4.78 is 16.3. The number of ketones is 1. The number of primary amides is 1. The standard InChI is InChI=1S/C39H58N6O12/c1-4-6-16-29(34(40)48)42-31(46)21-41-37(51)33(47)28(11-5-2)43-36(50)30-20-27(57-23-56-18-17-55-3)22-45(30)38(52)32(24-12-8-7-9-13-24)44-35(49)25-14-10-15-26(19-25)39(53)54/h10,14-15,19,24,27-30,32H,4-9,11-13,16-18,20-23H2,1-3H3,(H2,40,48)(H,41,51)(H,42,46)(H,43,50)(H,44,49)(H,53,54)/t27-,28?,29?,30+,32?/m1/s1. The van der Waals surface area contributed by atoms with Gasteiger partial charge in [0.1, 0.15) is 24.9 Å². The number of aromatic carboxylic acids is 1. The predicted octanol–water partition coefficient (Wildman–Crippen LogP) is 0.801. The highest BCUT2D eigenvalue weighted by Gasteiger charge is 2.45. The lowest BCUT2D eigenvalue weighted by Gasteiger charge is -2.35. The van der Waals surface area contributed by atoms with E-state index in [0.717, 1.165) is 25.7 Å². The van der Waals surface area contributed by atoms with E-state index in [1.807, 2.05) is 6.92 Å².